The molecule has 0 spiro atoms. The molecule has 29 heavy (non-hydrogen) atoms. The van der Waals surface area contributed by atoms with E-state index in [1.165, 1.54) is 0 Å². The number of hydrogen-bond acceptors (Lipinski definition) is 6. The molecule has 2 aromatic rings. The lowest BCUT2D eigenvalue weighted by atomic mass is 10.2. The molecule has 6 nitrogen and oxygen atoms in total. The Kier molecular flexibility index (Phi) is 9.83. The number of halogens is 3. The Labute approximate surface area is 193 Å². The van der Waals surface area contributed by atoms with E-state index in [4.69, 9.17) is 37.4 Å². The summed E-state index contributed by atoms with van der Waals surface area (Å²) in [6, 6.07) is 9.01. The molecule has 2 aromatic carbocycles. The quantitative estimate of drug-likeness (QED) is 0.194. The molecule has 2 rings (SSSR count). The molecule has 0 saturated heterocycles. The van der Waals surface area contributed by atoms with Crippen LogP contribution < -0.4 is 14.9 Å². The summed E-state index contributed by atoms with van der Waals surface area (Å²) in [5, 5.41) is 5.38. The molecule has 0 saturated carbocycles. The van der Waals surface area contributed by atoms with E-state index in [0.29, 0.717) is 41.3 Å². The lowest BCUT2D eigenvalue weighted by molar-refractivity contribution is -0.145. The minimum absolute atomic E-state index is 0.183. The minimum atomic E-state index is -0.432. The number of hydrogen-bond donors (Lipinski definition) is 1. The van der Waals surface area contributed by atoms with Crippen LogP contribution in [0.4, 0.5) is 0 Å². The number of ether oxygens (including phenoxy) is 3. The van der Waals surface area contributed by atoms with Crippen molar-refractivity contribution in [3.8, 4) is 11.5 Å². The topological polar surface area (TPSA) is 69.2 Å². The normalized spacial score (nSPS) is 10.8. The van der Waals surface area contributed by atoms with Gasteiger partial charge in [0, 0.05) is 15.6 Å². The van der Waals surface area contributed by atoms with Gasteiger partial charge in [-0.25, -0.2) is 4.79 Å². The van der Waals surface area contributed by atoms with Crippen LogP contribution in [0.25, 0.3) is 0 Å². The van der Waals surface area contributed by atoms with Gasteiger partial charge in [0.05, 0.1) is 29.5 Å². The average molecular weight is 551 g/mol. The number of carbonyl (C=O) groups is 1. The lowest BCUT2D eigenvalue weighted by Gasteiger charge is -2.14. The van der Waals surface area contributed by atoms with Gasteiger partial charge in [-0.05, 0) is 66.3 Å². The van der Waals surface area contributed by atoms with E-state index in [9.17, 15) is 4.79 Å². The van der Waals surface area contributed by atoms with Gasteiger partial charge in [0.25, 0.3) is 0 Å². The largest absolute Gasteiger partial charge is 0.490 e. The fourth-order valence-electron chi connectivity index (χ4n) is 2.35. The average Bonchev–Trinajstić information content (AvgIpc) is 2.67. The predicted molar refractivity (Wildman–Crippen MR) is 123 cm³/mol. The van der Waals surface area contributed by atoms with Gasteiger partial charge in [-0.3, -0.25) is 0 Å². The van der Waals surface area contributed by atoms with Crippen LogP contribution in [-0.4, -0.2) is 32.0 Å². The van der Waals surface area contributed by atoms with Crippen LogP contribution in [0, 0.1) is 3.57 Å². The van der Waals surface area contributed by atoms with E-state index >= 15 is 0 Å². The zero-order valence-electron chi connectivity index (χ0n) is 16.0. The first-order chi connectivity index (χ1) is 14.0. The van der Waals surface area contributed by atoms with Crippen molar-refractivity contribution in [3.05, 3.63) is 55.1 Å². The third-order valence-corrected chi connectivity index (χ3v) is 5.10. The third-order valence-electron chi connectivity index (χ3n) is 3.59. The van der Waals surface area contributed by atoms with E-state index < -0.39 is 5.97 Å². The van der Waals surface area contributed by atoms with Gasteiger partial charge < -0.3 is 19.6 Å². The van der Waals surface area contributed by atoms with Gasteiger partial charge in [0.2, 0.25) is 0 Å². The van der Waals surface area contributed by atoms with Gasteiger partial charge in [0.1, 0.15) is 0 Å². The summed E-state index contributed by atoms with van der Waals surface area (Å²) in [7, 11) is 0. The minimum Gasteiger partial charge on any atom is -0.490 e. The van der Waals surface area contributed by atoms with Crippen molar-refractivity contribution in [3.63, 3.8) is 0 Å². The first-order valence-electron chi connectivity index (χ1n) is 8.89. The SMILES string of the molecule is CCOC(=O)COc1c(I)cc(/C=N\NCc2c(Cl)cccc2Cl)cc1OCC. The molecular weight excluding hydrogens is 530 g/mol. The fraction of sp³-hybridized carbons (Fsp3) is 0.300. The summed E-state index contributed by atoms with van der Waals surface area (Å²) in [4.78, 5) is 11.6. The van der Waals surface area contributed by atoms with Crippen LogP contribution in [0.1, 0.15) is 25.0 Å². The second-order valence-corrected chi connectivity index (χ2v) is 7.63. The Balaban J connectivity index is 2.08. The Bertz CT molecular complexity index is 858. The van der Waals surface area contributed by atoms with E-state index in [1.54, 1.807) is 37.4 Å². The Morgan fingerprint density at radius 2 is 1.90 bits per heavy atom. The number of benzene rings is 2. The molecule has 0 amide bonds. The van der Waals surface area contributed by atoms with Crippen molar-refractivity contribution in [2.75, 3.05) is 19.8 Å². The summed E-state index contributed by atoms with van der Waals surface area (Å²) in [6.45, 7) is 4.59. The number of nitrogens with zero attached hydrogens (tertiary/aromatic N) is 1. The maximum atomic E-state index is 11.6. The summed E-state index contributed by atoms with van der Waals surface area (Å²) in [6.07, 6.45) is 1.66. The highest BCUT2D eigenvalue weighted by atomic mass is 127. The molecule has 0 aromatic heterocycles. The van der Waals surface area contributed by atoms with Gasteiger partial charge in [0.15, 0.2) is 18.1 Å². The molecule has 9 heteroatoms. The standard InChI is InChI=1S/C20H21Cl2IN2O4/c1-3-27-18-9-13(8-17(23)20(18)29-12-19(26)28-4-2)10-24-25-11-14-15(21)6-5-7-16(14)22/h5-10,25H,3-4,11-12H2,1-2H3/b24-10-. The van der Waals surface area contributed by atoms with E-state index in [1.807, 2.05) is 13.0 Å². The zero-order chi connectivity index (χ0) is 21.2. The summed E-state index contributed by atoms with van der Waals surface area (Å²) >= 11 is 14.4. The van der Waals surface area contributed by atoms with Gasteiger partial charge >= 0.3 is 5.97 Å². The zero-order valence-corrected chi connectivity index (χ0v) is 19.7. The van der Waals surface area contributed by atoms with Crippen LogP contribution in [-0.2, 0) is 16.1 Å². The monoisotopic (exact) mass is 550 g/mol. The molecular formula is C20H21Cl2IN2O4. The van der Waals surface area contributed by atoms with Crippen molar-refractivity contribution in [1.82, 2.24) is 5.43 Å². The van der Waals surface area contributed by atoms with Gasteiger partial charge in [-0.2, -0.15) is 5.10 Å². The van der Waals surface area contributed by atoms with Gasteiger partial charge in [-0.15, -0.1) is 0 Å². The summed E-state index contributed by atoms with van der Waals surface area (Å²) in [5.74, 6) is 0.589. The van der Waals surface area contributed by atoms with E-state index in [0.717, 1.165) is 14.7 Å². The number of rotatable bonds is 10. The first kappa shape index (κ1) is 23.6. The van der Waals surface area contributed by atoms with Crippen LogP contribution in [0.2, 0.25) is 10.0 Å². The highest BCUT2D eigenvalue weighted by molar-refractivity contribution is 14.1. The Morgan fingerprint density at radius 3 is 2.55 bits per heavy atom. The molecule has 0 aliphatic rings. The molecule has 156 valence electrons. The molecule has 0 heterocycles. The maximum absolute atomic E-state index is 11.6. The van der Waals surface area contributed by atoms with Gasteiger partial charge in [-0.1, -0.05) is 29.3 Å². The second kappa shape index (κ2) is 12.1. The molecule has 0 radical (unpaired) electrons. The Morgan fingerprint density at radius 1 is 1.17 bits per heavy atom. The molecule has 0 atom stereocenters. The van der Waals surface area contributed by atoms with Crippen molar-refractivity contribution in [2.24, 2.45) is 5.10 Å². The maximum Gasteiger partial charge on any atom is 0.344 e. The van der Waals surface area contributed by atoms with Crippen LogP contribution in [0.5, 0.6) is 11.5 Å². The van der Waals surface area contributed by atoms with Crippen molar-refractivity contribution < 1.29 is 19.0 Å². The van der Waals surface area contributed by atoms with E-state index in [-0.39, 0.29) is 6.61 Å². The molecule has 0 aliphatic heterocycles. The molecule has 0 fully saturated rings. The predicted octanol–water partition coefficient (Wildman–Crippen LogP) is 5.06. The van der Waals surface area contributed by atoms with Crippen LogP contribution >= 0.6 is 45.8 Å². The third kappa shape index (κ3) is 7.24. The highest BCUT2D eigenvalue weighted by Gasteiger charge is 2.14. The smallest absolute Gasteiger partial charge is 0.344 e. The van der Waals surface area contributed by atoms with Crippen LogP contribution in [0.3, 0.4) is 0 Å². The van der Waals surface area contributed by atoms with E-state index in [2.05, 4.69) is 33.1 Å². The highest BCUT2D eigenvalue weighted by Crippen LogP contribution is 2.34. The van der Waals surface area contributed by atoms with Crippen molar-refractivity contribution >= 4 is 58.0 Å². The lowest BCUT2D eigenvalue weighted by Crippen LogP contribution is -2.15. The van der Waals surface area contributed by atoms with Crippen molar-refractivity contribution in [2.45, 2.75) is 20.4 Å². The first-order valence-corrected chi connectivity index (χ1v) is 10.7. The summed E-state index contributed by atoms with van der Waals surface area (Å²) < 4.78 is 16.9. The number of esters is 1. The molecule has 0 bridgehead atoms. The number of hydrazone groups is 1. The molecule has 0 aliphatic carbocycles. The van der Waals surface area contributed by atoms with Crippen molar-refractivity contribution in [1.29, 1.82) is 0 Å². The number of nitrogens with one attached hydrogen (secondary N) is 1. The summed E-state index contributed by atoms with van der Waals surface area (Å²) in [5.41, 5.74) is 4.52. The number of carbonyl (C=O) groups excluding carboxylic acids is 1. The fourth-order valence-corrected chi connectivity index (χ4v) is 3.66. The second-order valence-electron chi connectivity index (χ2n) is 5.65. The molecule has 0 unspecified atom stereocenters. The molecule has 1 N–H and O–H groups in total. The Hall–Kier alpha value is -1.71. The van der Waals surface area contributed by atoms with Crippen LogP contribution in [0.15, 0.2) is 35.4 Å².